The molecule has 1 saturated carbocycles. The molecule has 1 aliphatic carbocycles. The van der Waals surface area contributed by atoms with Crippen LogP contribution in [0.15, 0.2) is 24.3 Å². The van der Waals surface area contributed by atoms with Crippen molar-refractivity contribution in [1.82, 2.24) is 10.6 Å². The van der Waals surface area contributed by atoms with E-state index >= 15 is 0 Å². The van der Waals surface area contributed by atoms with Gasteiger partial charge in [-0.3, -0.25) is 4.79 Å². The van der Waals surface area contributed by atoms with Gasteiger partial charge >= 0.3 is 0 Å². The smallest absolute Gasteiger partial charge is 0.237 e. The fourth-order valence-electron chi connectivity index (χ4n) is 3.81. The number of amides is 1. The second-order valence-electron chi connectivity index (χ2n) is 6.61. The highest BCUT2D eigenvalue weighted by molar-refractivity contribution is 5.82. The molecule has 0 aromatic heterocycles. The standard InChI is InChI=1S/C18H26N2O2/c1-12(13-7-9-15(22-2)10-8-13)19-18(21)17-11-14-5-3-4-6-16(14)20-17/h7-10,12,14,16-17,20H,3-6,11H2,1-2H3,(H,19,21). The minimum atomic E-state index is -0.0196. The first-order valence-corrected chi connectivity index (χ1v) is 8.37. The average Bonchev–Trinajstić information content (AvgIpc) is 2.99. The summed E-state index contributed by atoms with van der Waals surface area (Å²) >= 11 is 0. The van der Waals surface area contributed by atoms with Gasteiger partial charge in [-0.25, -0.2) is 0 Å². The van der Waals surface area contributed by atoms with E-state index < -0.39 is 0 Å². The highest BCUT2D eigenvalue weighted by atomic mass is 16.5. The Morgan fingerprint density at radius 3 is 2.68 bits per heavy atom. The van der Waals surface area contributed by atoms with Crippen molar-refractivity contribution in [3.8, 4) is 5.75 Å². The molecule has 1 aromatic carbocycles. The van der Waals surface area contributed by atoms with E-state index in [4.69, 9.17) is 4.74 Å². The van der Waals surface area contributed by atoms with Gasteiger partial charge in [-0.1, -0.05) is 25.0 Å². The van der Waals surface area contributed by atoms with Gasteiger partial charge < -0.3 is 15.4 Å². The van der Waals surface area contributed by atoms with Gasteiger partial charge in [0, 0.05) is 6.04 Å². The lowest BCUT2D eigenvalue weighted by Crippen LogP contribution is -2.43. The maximum absolute atomic E-state index is 12.5. The number of rotatable bonds is 4. The van der Waals surface area contributed by atoms with E-state index in [1.165, 1.54) is 25.7 Å². The highest BCUT2D eigenvalue weighted by Crippen LogP contribution is 2.33. The summed E-state index contributed by atoms with van der Waals surface area (Å²) in [5, 5.41) is 6.68. The average molecular weight is 302 g/mol. The molecule has 2 N–H and O–H groups in total. The van der Waals surface area contributed by atoms with E-state index in [9.17, 15) is 4.79 Å². The predicted octanol–water partition coefficient (Wildman–Crippen LogP) is 2.79. The third-order valence-electron chi connectivity index (χ3n) is 5.15. The van der Waals surface area contributed by atoms with Crippen molar-refractivity contribution in [2.45, 2.75) is 57.2 Å². The van der Waals surface area contributed by atoms with Gasteiger partial charge in [-0.05, 0) is 49.8 Å². The molecule has 120 valence electrons. The van der Waals surface area contributed by atoms with Crippen LogP contribution in [0.1, 0.15) is 50.6 Å². The summed E-state index contributed by atoms with van der Waals surface area (Å²) in [6.45, 7) is 2.03. The van der Waals surface area contributed by atoms with Gasteiger partial charge in [0.2, 0.25) is 5.91 Å². The minimum absolute atomic E-state index is 0.0165. The molecule has 0 spiro atoms. The van der Waals surface area contributed by atoms with E-state index in [0.717, 1.165) is 17.7 Å². The number of hydrogen-bond donors (Lipinski definition) is 2. The van der Waals surface area contributed by atoms with Crippen LogP contribution in [0.4, 0.5) is 0 Å². The Hall–Kier alpha value is -1.55. The molecule has 0 radical (unpaired) electrons. The van der Waals surface area contributed by atoms with Crippen LogP contribution in [-0.2, 0) is 4.79 Å². The van der Waals surface area contributed by atoms with Crippen LogP contribution in [0.5, 0.6) is 5.75 Å². The first-order chi connectivity index (χ1) is 10.7. The number of hydrogen-bond acceptors (Lipinski definition) is 3. The topological polar surface area (TPSA) is 50.4 Å². The van der Waals surface area contributed by atoms with Crippen LogP contribution < -0.4 is 15.4 Å². The van der Waals surface area contributed by atoms with E-state index in [1.807, 2.05) is 31.2 Å². The van der Waals surface area contributed by atoms with Crippen molar-refractivity contribution < 1.29 is 9.53 Å². The summed E-state index contributed by atoms with van der Waals surface area (Å²) in [6, 6.07) is 8.43. The number of carbonyl (C=O) groups excluding carboxylic acids is 1. The molecule has 0 bridgehead atoms. The molecule has 3 rings (SSSR count). The van der Waals surface area contributed by atoms with Crippen LogP contribution in [0.3, 0.4) is 0 Å². The Labute approximate surface area is 132 Å². The van der Waals surface area contributed by atoms with Crippen molar-refractivity contribution in [2.24, 2.45) is 5.92 Å². The number of ether oxygens (including phenoxy) is 1. The first-order valence-electron chi connectivity index (χ1n) is 8.37. The van der Waals surface area contributed by atoms with Gasteiger partial charge in [0.1, 0.15) is 5.75 Å². The molecule has 4 heteroatoms. The quantitative estimate of drug-likeness (QED) is 0.899. The number of benzene rings is 1. The minimum Gasteiger partial charge on any atom is -0.497 e. The normalized spacial score (nSPS) is 28.7. The zero-order valence-corrected chi connectivity index (χ0v) is 13.5. The summed E-state index contributed by atoms with van der Waals surface area (Å²) in [6.07, 6.45) is 6.11. The maximum Gasteiger partial charge on any atom is 0.237 e. The first kappa shape index (κ1) is 15.3. The van der Waals surface area contributed by atoms with Gasteiger partial charge in [0.05, 0.1) is 19.2 Å². The molecule has 1 aromatic rings. The van der Waals surface area contributed by atoms with Crippen molar-refractivity contribution >= 4 is 5.91 Å². The molecule has 22 heavy (non-hydrogen) atoms. The second kappa shape index (κ2) is 6.69. The van der Waals surface area contributed by atoms with Crippen LogP contribution in [0.2, 0.25) is 0 Å². The van der Waals surface area contributed by atoms with Crippen molar-refractivity contribution in [2.75, 3.05) is 7.11 Å². The Morgan fingerprint density at radius 2 is 2.00 bits per heavy atom. The third-order valence-corrected chi connectivity index (χ3v) is 5.15. The Bertz CT molecular complexity index is 500. The lowest BCUT2D eigenvalue weighted by atomic mass is 9.85. The fourth-order valence-corrected chi connectivity index (χ4v) is 3.81. The van der Waals surface area contributed by atoms with Crippen LogP contribution in [0, 0.1) is 5.92 Å². The molecule has 1 heterocycles. The monoisotopic (exact) mass is 302 g/mol. The van der Waals surface area contributed by atoms with E-state index in [0.29, 0.717) is 12.0 Å². The summed E-state index contributed by atoms with van der Waals surface area (Å²) in [5.74, 6) is 1.67. The SMILES string of the molecule is COc1ccc(C(C)NC(=O)C2CC3CCCCC3N2)cc1. The fraction of sp³-hybridized carbons (Fsp3) is 0.611. The number of methoxy groups -OCH3 is 1. The van der Waals surface area contributed by atoms with Gasteiger partial charge in [-0.15, -0.1) is 0 Å². The van der Waals surface area contributed by atoms with Crippen molar-refractivity contribution in [1.29, 1.82) is 0 Å². The summed E-state index contributed by atoms with van der Waals surface area (Å²) in [5.41, 5.74) is 1.10. The zero-order chi connectivity index (χ0) is 15.5. The molecule has 2 fully saturated rings. The zero-order valence-electron chi connectivity index (χ0n) is 13.5. The van der Waals surface area contributed by atoms with Gasteiger partial charge in [0.15, 0.2) is 0 Å². The number of fused-ring (bicyclic) bond motifs is 1. The lowest BCUT2D eigenvalue weighted by molar-refractivity contribution is -0.123. The predicted molar refractivity (Wildman–Crippen MR) is 86.8 cm³/mol. The number of nitrogens with one attached hydrogen (secondary N) is 2. The maximum atomic E-state index is 12.5. The van der Waals surface area contributed by atoms with Crippen molar-refractivity contribution in [3.63, 3.8) is 0 Å². The molecule has 4 nitrogen and oxygen atoms in total. The largest absolute Gasteiger partial charge is 0.497 e. The molecule has 4 unspecified atom stereocenters. The Morgan fingerprint density at radius 1 is 1.27 bits per heavy atom. The van der Waals surface area contributed by atoms with Crippen LogP contribution in [-0.4, -0.2) is 25.1 Å². The molecule has 1 aliphatic heterocycles. The van der Waals surface area contributed by atoms with Crippen LogP contribution >= 0.6 is 0 Å². The molecule has 2 aliphatic rings. The van der Waals surface area contributed by atoms with Crippen molar-refractivity contribution in [3.05, 3.63) is 29.8 Å². The summed E-state index contributed by atoms with van der Waals surface area (Å²) < 4.78 is 5.17. The Kier molecular flexibility index (Phi) is 4.67. The Balaban J connectivity index is 1.56. The molecule has 4 atom stereocenters. The lowest BCUT2D eigenvalue weighted by Gasteiger charge is -2.24. The molecule has 1 saturated heterocycles. The summed E-state index contributed by atoms with van der Waals surface area (Å²) in [4.78, 5) is 12.5. The highest BCUT2D eigenvalue weighted by Gasteiger charge is 2.38. The molecular weight excluding hydrogens is 276 g/mol. The van der Waals surface area contributed by atoms with E-state index in [-0.39, 0.29) is 18.0 Å². The van der Waals surface area contributed by atoms with Crippen LogP contribution in [0.25, 0.3) is 0 Å². The second-order valence-corrected chi connectivity index (χ2v) is 6.61. The van der Waals surface area contributed by atoms with E-state index in [2.05, 4.69) is 10.6 Å². The van der Waals surface area contributed by atoms with Gasteiger partial charge in [0.25, 0.3) is 0 Å². The molecule has 1 amide bonds. The van der Waals surface area contributed by atoms with Gasteiger partial charge in [-0.2, -0.15) is 0 Å². The van der Waals surface area contributed by atoms with E-state index in [1.54, 1.807) is 7.11 Å². The third kappa shape index (κ3) is 3.27. The molecular formula is C18H26N2O2. The number of carbonyl (C=O) groups is 1. The summed E-state index contributed by atoms with van der Waals surface area (Å²) in [7, 11) is 1.66.